The molecule has 0 spiro atoms. The monoisotopic (exact) mass is 761 g/mol. The number of ether oxygens (including phenoxy) is 1. The largest absolute Gasteiger partial charge is 0.496 e. The third kappa shape index (κ3) is 9.52. The average Bonchev–Trinajstić information content (AvgIpc) is 3.67. The van der Waals surface area contributed by atoms with Crippen LogP contribution in [0.1, 0.15) is 84.6 Å². The van der Waals surface area contributed by atoms with Crippen LogP contribution in [0.3, 0.4) is 0 Å². The maximum atomic E-state index is 14.1. The van der Waals surface area contributed by atoms with Crippen molar-refractivity contribution in [3.63, 3.8) is 0 Å². The number of rotatable bonds is 13. The summed E-state index contributed by atoms with van der Waals surface area (Å²) in [6.07, 6.45) is 9.58. The Balaban J connectivity index is 0.00000561. The number of nitrogens with zero attached hydrogens (tertiary/aromatic N) is 5. The molecule has 3 atom stereocenters. The van der Waals surface area contributed by atoms with Crippen molar-refractivity contribution in [2.75, 3.05) is 57.1 Å². The third-order valence-corrected chi connectivity index (χ3v) is 11.8. The molecule has 3 aliphatic heterocycles. The maximum absolute atomic E-state index is 14.1. The lowest BCUT2D eigenvalue weighted by Crippen LogP contribution is -2.48. The van der Waals surface area contributed by atoms with Gasteiger partial charge in [0.15, 0.2) is 5.78 Å². The van der Waals surface area contributed by atoms with Gasteiger partial charge in [0.05, 0.1) is 24.7 Å². The van der Waals surface area contributed by atoms with Crippen LogP contribution >= 0.6 is 12.4 Å². The second-order valence-corrected chi connectivity index (χ2v) is 16.3. The van der Waals surface area contributed by atoms with E-state index in [9.17, 15) is 14.4 Å². The highest BCUT2D eigenvalue weighted by atomic mass is 35.5. The zero-order valence-corrected chi connectivity index (χ0v) is 33.8. The van der Waals surface area contributed by atoms with E-state index in [-0.39, 0.29) is 48.8 Å². The van der Waals surface area contributed by atoms with Gasteiger partial charge in [0.1, 0.15) is 23.7 Å². The van der Waals surface area contributed by atoms with Crippen molar-refractivity contribution in [3.05, 3.63) is 48.3 Å². The Kier molecular flexibility index (Phi) is 14.0. The number of piperidine rings is 2. The Bertz CT molecular complexity index is 1750. The molecule has 2 N–H and O–H groups in total. The predicted molar refractivity (Wildman–Crippen MR) is 218 cm³/mol. The van der Waals surface area contributed by atoms with Crippen LogP contribution in [-0.2, 0) is 20.8 Å². The number of amides is 1. The van der Waals surface area contributed by atoms with Gasteiger partial charge in [0, 0.05) is 72.8 Å². The van der Waals surface area contributed by atoms with E-state index in [0.717, 1.165) is 36.1 Å². The zero-order valence-electron chi connectivity index (χ0n) is 33.0. The van der Waals surface area contributed by atoms with Crippen molar-refractivity contribution in [1.29, 1.82) is 0 Å². The molecule has 1 amide bonds. The fraction of sp³-hybridized carbons (Fsp3) is 0.595. The summed E-state index contributed by atoms with van der Waals surface area (Å²) in [6.45, 7) is 12.9. The molecule has 3 aliphatic rings. The number of likely N-dealkylation sites (N-methyl/N-ethyl adjacent to an activating group) is 1. The summed E-state index contributed by atoms with van der Waals surface area (Å²) in [5.74, 6) is 0.522. The number of benzene rings is 2. The van der Waals surface area contributed by atoms with Gasteiger partial charge in [0.2, 0.25) is 5.91 Å². The number of methoxy groups -OCH3 is 1. The standard InChI is InChI=1S/C42H59N7O4.ClH/c1-28(43-5)37(50)25-34(42(2,3)4)41(52)49-20-10-11-36(49)38(51)24-29-23-33-35(26-39(29)53-6)44-27-45-40(33)46-30-12-14-31(15-13-30)48-21-16-32(17-22-48)47-18-8-7-9-19-47;/h12-15,23,26-28,32,34,36,43H,7-11,16-22,24-25H2,1-6H3,(H,44,45,46);1H/t28-,34+,36-;/m0./s1. The Hall–Kier alpha value is -3.80. The molecular weight excluding hydrogens is 702 g/mol. The molecule has 11 nitrogen and oxygen atoms in total. The molecule has 2 aromatic carbocycles. The van der Waals surface area contributed by atoms with Gasteiger partial charge in [0.25, 0.3) is 0 Å². The molecular formula is C42H60ClN7O4. The molecule has 0 unspecified atom stereocenters. The van der Waals surface area contributed by atoms with E-state index in [2.05, 4.69) is 54.7 Å². The van der Waals surface area contributed by atoms with E-state index >= 15 is 0 Å². The van der Waals surface area contributed by atoms with Gasteiger partial charge in [-0.3, -0.25) is 14.4 Å². The summed E-state index contributed by atoms with van der Waals surface area (Å²) in [6, 6.07) is 12.1. The second kappa shape index (κ2) is 18.2. The Morgan fingerprint density at radius 1 is 0.926 bits per heavy atom. The number of carbonyl (C=O) groups is 3. The number of ketones is 2. The molecule has 1 aromatic heterocycles. The molecule has 3 saturated heterocycles. The van der Waals surface area contributed by atoms with Gasteiger partial charge in [-0.1, -0.05) is 27.2 Å². The fourth-order valence-electron chi connectivity index (χ4n) is 8.40. The first kappa shape index (κ1) is 41.4. The summed E-state index contributed by atoms with van der Waals surface area (Å²) < 4.78 is 5.76. The Morgan fingerprint density at radius 2 is 1.63 bits per heavy atom. The number of anilines is 3. The van der Waals surface area contributed by atoms with Crippen LogP contribution in [0.25, 0.3) is 10.9 Å². The van der Waals surface area contributed by atoms with Crippen molar-refractivity contribution in [1.82, 2.24) is 25.1 Å². The number of fused-ring (bicyclic) bond motifs is 1. The molecule has 3 fully saturated rings. The second-order valence-electron chi connectivity index (χ2n) is 16.3. The Labute approximate surface area is 327 Å². The molecule has 54 heavy (non-hydrogen) atoms. The molecule has 4 heterocycles. The summed E-state index contributed by atoms with van der Waals surface area (Å²) in [4.78, 5) is 57.1. The normalized spacial score (nSPS) is 19.6. The van der Waals surface area contributed by atoms with Gasteiger partial charge in [-0.25, -0.2) is 9.97 Å². The number of carbonyl (C=O) groups excluding carboxylic acids is 3. The van der Waals surface area contributed by atoms with Gasteiger partial charge in [-0.2, -0.15) is 0 Å². The number of halogens is 1. The van der Waals surface area contributed by atoms with Gasteiger partial charge >= 0.3 is 0 Å². The van der Waals surface area contributed by atoms with Crippen molar-refractivity contribution in [2.24, 2.45) is 11.3 Å². The zero-order chi connectivity index (χ0) is 37.7. The molecule has 6 rings (SSSR count). The van der Waals surface area contributed by atoms with Gasteiger partial charge in [-0.05, 0) is 101 Å². The van der Waals surface area contributed by atoms with E-state index in [1.165, 1.54) is 57.2 Å². The van der Waals surface area contributed by atoms with Crippen LogP contribution in [-0.4, -0.2) is 102 Å². The van der Waals surface area contributed by atoms with Crippen molar-refractivity contribution < 1.29 is 19.1 Å². The SMILES string of the molecule is CN[C@@H](C)C(=O)C[C@H](C(=O)N1CCC[C@H]1C(=O)Cc1cc2c(Nc3ccc(N4CCC(N5CCCCC5)CC4)cc3)ncnc2cc1OC)C(C)(C)C.Cl. The van der Waals surface area contributed by atoms with Gasteiger partial charge < -0.3 is 30.1 Å². The quantitative estimate of drug-likeness (QED) is 0.198. The van der Waals surface area contributed by atoms with Crippen LogP contribution in [0.5, 0.6) is 5.75 Å². The third-order valence-electron chi connectivity index (χ3n) is 11.8. The minimum absolute atomic E-state index is 0. The highest BCUT2D eigenvalue weighted by Gasteiger charge is 2.42. The number of Topliss-reactive ketones (excluding diaryl/α,β-unsaturated/α-hetero) is 2. The number of hydrogen-bond acceptors (Lipinski definition) is 10. The first-order valence-corrected chi connectivity index (χ1v) is 19.7. The number of nitrogens with one attached hydrogen (secondary N) is 2. The van der Waals surface area contributed by atoms with E-state index in [1.54, 1.807) is 19.1 Å². The maximum Gasteiger partial charge on any atom is 0.227 e. The molecule has 294 valence electrons. The lowest BCUT2D eigenvalue weighted by atomic mass is 9.76. The Morgan fingerprint density at radius 3 is 2.28 bits per heavy atom. The van der Waals surface area contributed by atoms with Crippen molar-refractivity contribution in [2.45, 2.75) is 104 Å². The van der Waals surface area contributed by atoms with Crippen LogP contribution in [0.15, 0.2) is 42.7 Å². The summed E-state index contributed by atoms with van der Waals surface area (Å²) in [5.41, 5.74) is 3.14. The summed E-state index contributed by atoms with van der Waals surface area (Å²) in [7, 11) is 3.34. The van der Waals surface area contributed by atoms with Crippen LogP contribution < -0.4 is 20.3 Å². The van der Waals surface area contributed by atoms with Gasteiger partial charge in [-0.15, -0.1) is 12.4 Å². The number of likely N-dealkylation sites (tertiary alicyclic amines) is 2. The topological polar surface area (TPSA) is 120 Å². The highest BCUT2D eigenvalue weighted by Crippen LogP contribution is 2.36. The summed E-state index contributed by atoms with van der Waals surface area (Å²) in [5, 5.41) is 7.26. The number of hydrogen-bond donors (Lipinski definition) is 2. The van der Waals surface area contributed by atoms with E-state index < -0.39 is 17.4 Å². The molecule has 0 saturated carbocycles. The summed E-state index contributed by atoms with van der Waals surface area (Å²) >= 11 is 0. The number of aromatic nitrogens is 2. The predicted octanol–water partition coefficient (Wildman–Crippen LogP) is 6.59. The van der Waals surface area contributed by atoms with E-state index in [4.69, 9.17) is 4.74 Å². The molecule has 0 bridgehead atoms. The van der Waals surface area contributed by atoms with Crippen LogP contribution in [0.2, 0.25) is 0 Å². The molecule has 0 radical (unpaired) electrons. The molecule has 12 heteroatoms. The highest BCUT2D eigenvalue weighted by molar-refractivity contribution is 5.97. The van der Waals surface area contributed by atoms with E-state index in [1.807, 2.05) is 39.8 Å². The van der Waals surface area contributed by atoms with Crippen molar-refractivity contribution in [3.8, 4) is 5.75 Å². The first-order chi connectivity index (χ1) is 25.5. The average molecular weight is 762 g/mol. The smallest absolute Gasteiger partial charge is 0.227 e. The van der Waals surface area contributed by atoms with Crippen LogP contribution in [0, 0.1) is 11.3 Å². The molecule has 3 aromatic rings. The minimum Gasteiger partial charge on any atom is -0.496 e. The van der Waals surface area contributed by atoms with Crippen molar-refractivity contribution >= 4 is 58.0 Å². The lowest BCUT2D eigenvalue weighted by Gasteiger charge is -2.41. The molecule has 0 aliphatic carbocycles. The lowest BCUT2D eigenvalue weighted by molar-refractivity contribution is -0.145. The van der Waals surface area contributed by atoms with E-state index in [0.29, 0.717) is 36.1 Å². The minimum atomic E-state index is -0.553. The van der Waals surface area contributed by atoms with Crippen LogP contribution in [0.4, 0.5) is 17.2 Å². The fourth-order valence-corrected chi connectivity index (χ4v) is 8.40. The first-order valence-electron chi connectivity index (χ1n) is 19.7.